The van der Waals surface area contributed by atoms with Crippen molar-refractivity contribution in [1.82, 2.24) is 0 Å². The minimum absolute atomic E-state index is 0.0195. The average Bonchev–Trinajstić information content (AvgIpc) is 2.46. The number of hydrogen-bond acceptors (Lipinski definition) is 4. The Morgan fingerprint density at radius 1 is 1.14 bits per heavy atom. The Labute approximate surface area is 122 Å². The lowest BCUT2D eigenvalue weighted by atomic mass is 10.1. The van der Waals surface area contributed by atoms with Crippen LogP contribution in [-0.4, -0.2) is 17.3 Å². The van der Waals surface area contributed by atoms with E-state index in [1.807, 2.05) is 32.0 Å². The van der Waals surface area contributed by atoms with Gasteiger partial charge in [-0.3, -0.25) is 14.9 Å². The summed E-state index contributed by atoms with van der Waals surface area (Å²) in [5.41, 5.74) is 3.59. The van der Waals surface area contributed by atoms with Gasteiger partial charge in [0.1, 0.15) is 0 Å². The molecule has 2 rings (SSSR count). The molecule has 0 spiro atoms. The number of rotatable bonds is 5. The molecule has 1 N–H and O–H groups in total. The predicted molar refractivity (Wildman–Crippen MR) is 81.8 cm³/mol. The third kappa shape index (κ3) is 3.66. The maximum atomic E-state index is 12.0. The molecule has 0 aliphatic heterocycles. The van der Waals surface area contributed by atoms with E-state index >= 15 is 0 Å². The summed E-state index contributed by atoms with van der Waals surface area (Å²) in [7, 11) is 0. The standard InChI is InChI=1S/C16H16N2O3/c1-11-3-8-15(12(2)9-11)17-10-16(19)13-4-6-14(7-5-13)18(20)21/h3-9,17H,10H2,1-2H3. The zero-order chi connectivity index (χ0) is 15.4. The molecule has 5 nitrogen and oxygen atoms in total. The Kier molecular flexibility index (Phi) is 4.33. The normalized spacial score (nSPS) is 10.2. The number of aryl methyl sites for hydroxylation is 2. The third-order valence-electron chi connectivity index (χ3n) is 3.22. The summed E-state index contributed by atoms with van der Waals surface area (Å²) in [6.45, 7) is 4.15. The van der Waals surface area contributed by atoms with Crippen LogP contribution in [0.15, 0.2) is 42.5 Å². The lowest BCUT2D eigenvalue weighted by Crippen LogP contribution is -2.14. The van der Waals surface area contributed by atoms with Crippen LogP contribution in [0.1, 0.15) is 21.5 Å². The Hall–Kier alpha value is -2.69. The summed E-state index contributed by atoms with van der Waals surface area (Å²) in [5, 5.41) is 13.7. The molecule has 0 radical (unpaired) electrons. The average molecular weight is 284 g/mol. The summed E-state index contributed by atoms with van der Waals surface area (Å²) in [4.78, 5) is 22.1. The van der Waals surface area contributed by atoms with Crippen LogP contribution < -0.4 is 5.32 Å². The van der Waals surface area contributed by atoms with Crippen molar-refractivity contribution in [1.29, 1.82) is 0 Å². The molecule has 108 valence electrons. The molecule has 0 aliphatic rings. The Morgan fingerprint density at radius 3 is 2.38 bits per heavy atom. The van der Waals surface area contributed by atoms with Gasteiger partial charge < -0.3 is 5.32 Å². The number of nitrogens with zero attached hydrogens (tertiary/aromatic N) is 1. The van der Waals surface area contributed by atoms with Gasteiger partial charge in [0, 0.05) is 23.4 Å². The molecule has 0 saturated heterocycles. The highest BCUT2D eigenvalue weighted by atomic mass is 16.6. The molecule has 0 fully saturated rings. The fourth-order valence-electron chi connectivity index (χ4n) is 2.06. The van der Waals surface area contributed by atoms with E-state index in [2.05, 4.69) is 5.32 Å². The molecule has 2 aromatic carbocycles. The van der Waals surface area contributed by atoms with Crippen LogP contribution in [0.3, 0.4) is 0 Å². The second-order valence-corrected chi connectivity index (χ2v) is 4.90. The number of hydrogen-bond donors (Lipinski definition) is 1. The summed E-state index contributed by atoms with van der Waals surface area (Å²) >= 11 is 0. The predicted octanol–water partition coefficient (Wildman–Crippen LogP) is 3.51. The van der Waals surface area contributed by atoms with E-state index in [1.165, 1.54) is 29.8 Å². The van der Waals surface area contributed by atoms with Crippen molar-refractivity contribution >= 4 is 17.2 Å². The van der Waals surface area contributed by atoms with Gasteiger partial charge in [0.05, 0.1) is 11.5 Å². The van der Waals surface area contributed by atoms with Crippen molar-refractivity contribution in [2.75, 3.05) is 11.9 Å². The lowest BCUT2D eigenvalue weighted by molar-refractivity contribution is -0.384. The van der Waals surface area contributed by atoms with E-state index in [-0.39, 0.29) is 18.0 Å². The van der Waals surface area contributed by atoms with Crippen LogP contribution in [-0.2, 0) is 0 Å². The molecule has 0 heterocycles. The van der Waals surface area contributed by atoms with Crippen LogP contribution in [0.4, 0.5) is 11.4 Å². The van der Waals surface area contributed by atoms with E-state index in [9.17, 15) is 14.9 Å². The number of benzene rings is 2. The van der Waals surface area contributed by atoms with Crippen LogP contribution in [0.2, 0.25) is 0 Å². The maximum absolute atomic E-state index is 12.0. The van der Waals surface area contributed by atoms with Crippen molar-refractivity contribution in [3.63, 3.8) is 0 Å². The van der Waals surface area contributed by atoms with E-state index in [0.29, 0.717) is 5.56 Å². The lowest BCUT2D eigenvalue weighted by Gasteiger charge is -2.09. The molecule has 5 heteroatoms. The van der Waals surface area contributed by atoms with Crippen molar-refractivity contribution in [2.45, 2.75) is 13.8 Å². The van der Waals surface area contributed by atoms with Crippen LogP contribution in [0, 0.1) is 24.0 Å². The first-order chi connectivity index (χ1) is 9.97. The van der Waals surface area contributed by atoms with E-state index in [1.54, 1.807) is 0 Å². The number of anilines is 1. The van der Waals surface area contributed by atoms with Crippen molar-refractivity contribution in [3.05, 3.63) is 69.3 Å². The highest BCUT2D eigenvalue weighted by Crippen LogP contribution is 2.16. The molecule has 0 atom stereocenters. The fourth-order valence-corrected chi connectivity index (χ4v) is 2.06. The zero-order valence-electron chi connectivity index (χ0n) is 11.9. The first kappa shape index (κ1) is 14.7. The molecule has 0 aromatic heterocycles. The Bertz CT molecular complexity index is 678. The van der Waals surface area contributed by atoms with E-state index in [4.69, 9.17) is 0 Å². The molecule has 21 heavy (non-hydrogen) atoms. The molecule has 0 saturated carbocycles. The maximum Gasteiger partial charge on any atom is 0.269 e. The van der Waals surface area contributed by atoms with Gasteiger partial charge in [-0.25, -0.2) is 0 Å². The van der Waals surface area contributed by atoms with Gasteiger partial charge in [-0.1, -0.05) is 17.7 Å². The minimum atomic E-state index is -0.484. The Morgan fingerprint density at radius 2 is 1.81 bits per heavy atom. The second-order valence-electron chi connectivity index (χ2n) is 4.90. The molecule has 0 aliphatic carbocycles. The monoisotopic (exact) mass is 284 g/mol. The van der Waals surface area contributed by atoms with Gasteiger partial charge in [0.2, 0.25) is 0 Å². The number of ketones is 1. The molecule has 0 unspecified atom stereocenters. The first-order valence-electron chi connectivity index (χ1n) is 6.56. The number of Topliss-reactive ketones (excluding diaryl/α,β-unsaturated/α-hetero) is 1. The van der Waals surface area contributed by atoms with E-state index < -0.39 is 4.92 Å². The highest BCUT2D eigenvalue weighted by molar-refractivity contribution is 5.99. The molecule has 0 amide bonds. The summed E-state index contributed by atoms with van der Waals surface area (Å²) < 4.78 is 0. The smallest absolute Gasteiger partial charge is 0.269 e. The van der Waals surface area contributed by atoms with Crippen molar-refractivity contribution < 1.29 is 9.72 Å². The van der Waals surface area contributed by atoms with Crippen LogP contribution >= 0.6 is 0 Å². The van der Waals surface area contributed by atoms with Crippen LogP contribution in [0.5, 0.6) is 0 Å². The number of non-ortho nitro benzene ring substituents is 1. The summed E-state index contributed by atoms with van der Waals surface area (Å²) in [6.07, 6.45) is 0. The highest BCUT2D eigenvalue weighted by Gasteiger charge is 2.09. The van der Waals surface area contributed by atoms with Gasteiger partial charge in [-0.15, -0.1) is 0 Å². The third-order valence-corrected chi connectivity index (χ3v) is 3.22. The van der Waals surface area contributed by atoms with Gasteiger partial charge in [0.15, 0.2) is 5.78 Å². The minimum Gasteiger partial charge on any atom is -0.377 e. The number of nitro groups is 1. The second kappa shape index (κ2) is 6.17. The zero-order valence-corrected chi connectivity index (χ0v) is 11.9. The molecule has 0 bridgehead atoms. The SMILES string of the molecule is Cc1ccc(NCC(=O)c2ccc([N+](=O)[O-])cc2)c(C)c1. The van der Waals surface area contributed by atoms with Gasteiger partial charge in [0.25, 0.3) is 5.69 Å². The molecular formula is C16H16N2O3. The number of nitrogens with one attached hydrogen (secondary N) is 1. The van der Waals surface area contributed by atoms with Crippen LogP contribution in [0.25, 0.3) is 0 Å². The fraction of sp³-hybridized carbons (Fsp3) is 0.188. The van der Waals surface area contributed by atoms with E-state index in [0.717, 1.165) is 11.3 Å². The summed E-state index contributed by atoms with van der Waals surface area (Å²) in [5.74, 6) is -0.107. The first-order valence-corrected chi connectivity index (χ1v) is 6.56. The van der Waals surface area contributed by atoms with Crippen molar-refractivity contribution in [3.8, 4) is 0 Å². The van der Waals surface area contributed by atoms with Gasteiger partial charge >= 0.3 is 0 Å². The summed E-state index contributed by atoms with van der Waals surface area (Å²) in [6, 6.07) is 11.6. The molecule has 2 aromatic rings. The number of nitro benzene ring substituents is 1. The largest absolute Gasteiger partial charge is 0.377 e. The number of carbonyl (C=O) groups excluding carboxylic acids is 1. The van der Waals surface area contributed by atoms with Gasteiger partial charge in [-0.2, -0.15) is 0 Å². The Balaban J connectivity index is 2.02. The molecular weight excluding hydrogens is 268 g/mol. The number of carbonyl (C=O) groups is 1. The van der Waals surface area contributed by atoms with Gasteiger partial charge in [-0.05, 0) is 37.6 Å². The quantitative estimate of drug-likeness (QED) is 0.518. The topological polar surface area (TPSA) is 72.2 Å². The van der Waals surface area contributed by atoms with Crippen molar-refractivity contribution in [2.24, 2.45) is 0 Å².